The van der Waals surface area contributed by atoms with Crippen LogP contribution >= 0.6 is 15.2 Å². The van der Waals surface area contributed by atoms with E-state index in [0.717, 1.165) is 0 Å². The topological polar surface area (TPSA) is 71.1 Å². The van der Waals surface area contributed by atoms with Crippen molar-refractivity contribution < 1.29 is 27.2 Å². The van der Waals surface area contributed by atoms with Crippen molar-refractivity contribution >= 4 is 30.1 Å². The van der Waals surface area contributed by atoms with Gasteiger partial charge < -0.3 is 0 Å². The first-order chi connectivity index (χ1) is 8.95. The number of hydrogen-bond acceptors (Lipinski definition) is 6. The first-order valence-corrected chi connectivity index (χ1v) is 12.2. The summed E-state index contributed by atoms with van der Waals surface area (Å²) in [5.74, 6) is 0. The van der Waals surface area contributed by atoms with E-state index < -0.39 is 15.2 Å². The second-order valence-corrected chi connectivity index (χ2v) is 11.5. The third-order valence-corrected chi connectivity index (χ3v) is 11.7. The maximum atomic E-state index is 12.2. The fourth-order valence-corrected chi connectivity index (χ4v) is 10.3. The molecule has 0 N–H and O–H groups in total. The first-order valence-electron chi connectivity index (χ1n) is 6.29. The minimum absolute atomic E-state index is 0.181. The molecule has 0 aromatic carbocycles. The van der Waals surface area contributed by atoms with Crippen molar-refractivity contribution in [1.82, 2.24) is 0 Å². The van der Waals surface area contributed by atoms with E-state index in [0.29, 0.717) is 26.4 Å². The summed E-state index contributed by atoms with van der Waals surface area (Å²) in [7, 11) is -6.10. The maximum absolute atomic E-state index is 12.2. The molecule has 0 spiro atoms. The van der Waals surface area contributed by atoms with E-state index in [1.54, 1.807) is 27.7 Å². The predicted molar refractivity (Wildman–Crippen MR) is 77.2 cm³/mol. The molecule has 0 amide bonds. The Morgan fingerprint density at radius 1 is 0.684 bits per heavy atom. The van der Waals surface area contributed by atoms with Gasteiger partial charge in [-0.2, -0.15) is 0 Å². The van der Waals surface area contributed by atoms with Crippen molar-refractivity contribution in [3.8, 4) is 0 Å². The van der Waals surface area contributed by atoms with Gasteiger partial charge in [0.1, 0.15) is 0 Å². The molecule has 0 fully saturated rings. The average Bonchev–Trinajstić information content (AvgIpc) is 2.29. The van der Waals surface area contributed by atoms with E-state index in [-0.39, 0.29) is 25.1 Å². The Labute approximate surface area is 122 Å². The van der Waals surface area contributed by atoms with Gasteiger partial charge in [0.2, 0.25) is 0 Å². The molecule has 0 aliphatic rings. The average molecular weight is 381 g/mol. The van der Waals surface area contributed by atoms with Crippen LogP contribution in [0.5, 0.6) is 0 Å². The van der Waals surface area contributed by atoms with Crippen LogP contribution in [0.4, 0.5) is 0 Å². The van der Waals surface area contributed by atoms with Crippen molar-refractivity contribution in [1.29, 1.82) is 0 Å². The first kappa shape index (κ1) is 19.8. The fraction of sp³-hybridized carbons (Fsp3) is 1.00. The molecular weight excluding hydrogens is 357 g/mol. The van der Waals surface area contributed by atoms with Crippen LogP contribution in [-0.4, -0.2) is 51.5 Å². The Morgan fingerprint density at radius 3 is 1.16 bits per heavy atom. The van der Waals surface area contributed by atoms with Crippen LogP contribution in [0.25, 0.3) is 0 Å². The molecule has 0 aliphatic heterocycles. The minimum atomic E-state index is -3.05. The molecule has 0 saturated heterocycles. The van der Waals surface area contributed by atoms with E-state index in [1.807, 2.05) is 0 Å². The van der Waals surface area contributed by atoms with E-state index in [2.05, 4.69) is 0 Å². The third kappa shape index (κ3) is 8.64. The van der Waals surface area contributed by atoms with Crippen LogP contribution in [0.15, 0.2) is 0 Å². The quantitative estimate of drug-likeness (QED) is 0.382. The number of rotatable bonds is 12. The van der Waals surface area contributed by atoms with Gasteiger partial charge in [-0.1, -0.05) is 0 Å². The summed E-state index contributed by atoms with van der Waals surface area (Å²) in [6, 6.07) is 0. The van der Waals surface area contributed by atoms with Crippen LogP contribution in [-0.2, 0) is 27.2 Å². The van der Waals surface area contributed by atoms with Crippen molar-refractivity contribution in [3.05, 3.63) is 0 Å². The van der Waals surface area contributed by atoms with Gasteiger partial charge in [-0.05, 0) is 0 Å². The third-order valence-electron chi connectivity index (χ3n) is 1.80. The van der Waals surface area contributed by atoms with Crippen LogP contribution in [0.3, 0.4) is 0 Å². The Balaban J connectivity index is 4.36. The standard InChI is InChI=1S/C10H24O6P2Se/c1-5-13-17(11,14-6-2)9-19-10-18(12,15-7-3)16-8-4/h5-10H2,1-4H3. The van der Waals surface area contributed by atoms with E-state index in [1.165, 1.54) is 0 Å². The van der Waals surface area contributed by atoms with E-state index in [4.69, 9.17) is 18.1 Å². The van der Waals surface area contributed by atoms with Crippen molar-refractivity contribution in [2.75, 3.05) is 36.5 Å². The Kier molecular flexibility index (Phi) is 11.0. The van der Waals surface area contributed by atoms with Gasteiger partial charge >= 0.3 is 122 Å². The summed E-state index contributed by atoms with van der Waals surface area (Å²) in [6.45, 7) is 8.41. The summed E-state index contributed by atoms with van der Waals surface area (Å²) in [6.07, 6.45) is 0. The molecule has 0 radical (unpaired) electrons. The molecule has 0 aliphatic carbocycles. The molecule has 0 heterocycles. The second kappa shape index (κ2) is 10.5. The van der Waals surface area contributed by atoms with Gasteiger partial charge in [0.15, 0.2) is 0 Å². The van der Waals surface area contributed by atoms with Gasteiger partial charge in [0.05, 0.1) is 0 Å². The Hall–Kier alpha value is 0.819. The summed E-state index contributed by atoms with van der Waals surface area (Å²) in [4.78, 5) is 0. The van der Waals surface area contributed by atoms with Crippen LogP contribution in [0, 0.1) is 0 Å². The summed E-state index contributed by atoms with van der Waals surface area (Å²) in [5.41, 5.74) is 0. The molecule has 0 bridgehead atoms. The molecule has 0 atom stereocenters. The van der Waals surface area contributed by atoms with Crippen LogP contribution < -0.4 is 0 Å². The summed E-state index contributed by atoms with van der Waals surface area (Å²) < 4.78 is 45.2. The number of hydrogen-bond donors (Lipinski definition) is 0. The molecule has 0 rings (SSSR count). The van der Waals surface area contributed by atoms with Crippen molar-refractivity contribution in [3.63, 3.8) is 0 Å². The monoisotopic (exact) mass is 382 g/mol. The molecule has 0 unspecified atom stereocenters. The van der Waals surface area contributed by atoms with Gasteiger partial charge in [0, 0.05) is 0 Å². The van der Waals surface area contributed by atoms with Crippen molar-refractivity contribution in [2.45, 2.75) is 27.7 Å². The zero-order valence-corrected chi connectivity index (χ0v) is 15.5. The molecule has 19 heavy (non-hydrogen) atoms. The van der Waals surface area contributed by atoms with Crippen molar-refractivity contribution in [2.24, 2.45) is 0 Å². The Morgan fingerprint density at radius 2 is 0.947 bits per heavy atom. The molecule has 6 nitrogen and oxygen atoms in total. The van der Waals surface area contributed by atoms with Crippen LogP contribution in [0.1, 0.15) is 27.7 Å². The molecule has 0 saturated carbocycles. The van der Waals surface area contributed by atoms with Gasteiger partial charge in [-0.15, -0.1) is 0 Å². The van der Waals surface area contributed by atoms with Gasteiger partial charge in [-0.25, -0.2) is 0 Å². The van der Waals surface area contributed by atoms with Gasteiger partial charge in [-0.3, -0.25) is 0 Å². The zero-order chi connectivity index (χ0) is 14.8. The zero-order valence-electron chi connectivity index (χ0n) is 12.0. The predicted octanol–water partition coefficient (Wildman–Crippen LogP) is 3.14. The Bertz CT molecular complexity index is 275. The van der Waals surface area contributed by atoms with Gasteiger partial charge in [0.25, 0.3) is 0 Å². The fourth-order valence-electron chi connectivity index (χ4n) is 1.27. The molecule has 116 valence electrons. The molecule has 9 heteroatoms. The van der Waals surface area contributed by atoms with E-state index >= 15 is 0 Å². The van der Waals surface area contributed by atoms with E-state index in [9.17, 15) is 9.13 Å². The second-order valence-electron chi connectivity index (χ2n) is 3.36. The summed E-state index contributed by atoms with van der Waals surface area (Å²) in [5, 5.41) is 0.567. The molecule has 0 aromatic rings. The SMILES string of the molecule is CCOP(=O)(C[Se]CP(=O)(OCC)OCC)OCC. The molecular formula is C10H24O6P2Se. The normalized spacial score (nSPS) is 12.8. The molecule has 0 aromatic heterocycles. The van der Waals surface area contributed by atoms with Crippen LogP contribution in [0.2, 0.25) is 0 Å². The summed E-state index contributed by atoms with van der Waals surface area (Å²) >= 11 is -0.181.